The van der Waals surface area contributed by atoms with E-state index in [0.717, 1.165) is 0 Å². The number of aliphatic imine (C=N–C) groups is 1. The Balaban J connectivity index is 5.15. The number of rotatable bonds is 16. The molecular weight excluding hydrogens is 450 g/mol. The molecule has 13 heteroatoms. The lowest BCUT2D eigenvalue weighted by Crippen LogP contribution is -2.56. The van der Waals surface area contributed by atoms with Gasteiger partial charge in [-0.05, 0) is 50.5 Å². The molecule has 0 saturated heterocycles. The van der Waals surface area contributed by atoms with Gasteiger partial charge >= 0.3 is 5.97 Å². The Morgan fingerprint density at radius 2 is 1.55 bits per heavy atom. The average Bonchev–Trinajstić information content (AvgIpc) is 2.71. The second-order valence-electron chi connectivity index (χ2n) is 8.16. The second kappa shape index (κ2) is 16.1. The first-order valence-electron chi connectivity index (χ1n) is 10.8. The number of carboxylic acid groups (broad SMARTS) is 1. The Labute approximate surface area is 199 Å². The molecule has 0 aliphatic carbocycles. The van der Waals surface area contributed by atoms with Crippen LogP contribution >= 0.6 is 11.8 Å². The fourth-order valence-electron chi connectivity index (χ4n) is 2.84. The third-order valence-electron chi connectivity index (χ3n) is 4.62. The van der Waals surface area contributed by atoms with Crippen molar-refractivity contribution in [3.8, 4) is 0 Å². The van der Waals surface area contributed by atoms with Gasteiger partial charge < -0.3 is 38.3 Å². The van der Waals surface area contributed by atoms with Crippen molar-refractivity contribution in [1.82, 2.24) is 16.0 Å². The monoisotopic (exact) mass is 489 g/mol. The first-order chi connectivity index (χ1) is 15.4. The highest BCUT2D eigenvalue weighted by atomic mass is 32.2. The molecule has 33 heavy (non-hydrogen) atoms. The molecule has 0 radical (unpaired) electrons. The fourth-order valence-corrected chi connectivity index (χ4v) is 3.31. The standard InChI is InChI=1S/C20H39N7O5S/c1-11(2)10-13(21)17(29)26-14(6-5-8-24-20(22)23)18(30)25-12(3)16(28)27-15(19(31)32)7-9-33-4/h11-15H,5-10,21H2,1-4H3,(H,25,30)(H,26,29)(H,27,28)(H,31,32)(H4,22,23,24). The maximum Gasteiger partial charge on any atom is 0.326 e. The normalized spacial score (nSPS) is 14.5. The van der Waals surface area contributed by atoms with Gasteiger partial charge in [0.2, 0.25) is 17.7 Å². The lowest BCUT2D eigenvalue weighted by Gasteiger charge is -2.24. The summed E-state index contributed by atoms with van der Waals surface area (Å²) in [6.45, 7) is 5.54. The summed E-state index contributed by atoms with van der Waals surface area (Å²) < 4.78 is 0. The summed E-state index contributed by atoms with van der Waals surface area (Å²) in [5.41, 5.74) is 16.5. The molecule has 0 bridgehead atoms. The molecular formula is C20H39N7O5S. The molecule has 0 saturated carbocycles. The minimum absolute atomic E-state index is 0.0845. The number of carbonyl (C=O) groups excluding carboxylic acids is 3. The van der Waals surface area contributed by atoms with Gasteiger partial charge in [0.15, 0.2) is 5.96 Å². The first-order valence-corrected chi connectivity index (χ1v) is 12.2. The second-order valence-corrected chi connectivity index (χ2v) is 9.14. The van der Waals surface area contributed by atoms with Crippen molar-refractivity contribution in [2.75, 3.05) is 18.6 Å². The van der Waals surface area contributed by atoms with E-state index >= 15 is 0 Å². The highest BCUT2D eigenvalue weighted by Gasteiger charge is 2.28. The molecule has 0 spiro atoms. The molecule has 10 N–H and O–H groups in total. The van der Waals surface area contributed by atoms with Crippen LogP contribution in [-0.2, 0) is 19.2 Å². The number of nitrogens with zero attached hydrogens (tertiary/aromatic N) is 1. The summed E-state index contributed by atoms with van der Waals surface area (Å²) in [5, 5.41) is 16.8. The molecule has 0 aliphatic heterocycles. The Kier molecular flexibility index (Phi) is 14.9. The fraction of sp³-hybridized carbons (Fsp3) is 0.750. The average molecular weight is 490 g/mol. The van der Waals surface area contributed by atoms with Crippen LogP contribution in [-0.4, -0.2) is 77.5 Å². The van der Waals surface area contributed by atoms with Gasteiger partial charge in [0, 0.05) is 6.54 Å². The van der Waals surface area contributed by atoms with Crippen molar-refractivity contribution in [2.45, 2.75) is 70.6 Å². The maximum absolute atomic E-state index is 12.8. The van der Waals surface area contributed by atoms with Crippen LogP contribution in [0, 0.1) is 5.92 Å². The predicted molar refractivity (Wildman–Crippen MR) is 129 cm³/mol. The number of aliphatic carboxylic acids is 1. The van der Waals surface area contributed by atoms with E-state index in [-0.39, 0.29) is 31.3 Å². The minimum Gasteiger partial charge on any atom is -0.480 e. The summed E-state index contributed by atoms with van der Waals surface area (Å²) in [6.07, 6.45) is 3.13. The van der Waals surface area contributed by atoms with Crippen LogP contribution in [0.4, 0.5) is 0 Å². The molecule has 0 rings (SSSR count). The molecule has 0 aromatic rings. The number of nitrogens with one attached hydrogen (secondary N) is 3. The van der Waals surface area contributed by atoms with Gasteiger partial charge in [-0.25, -0.2) is 4.79 Å². The lowest BCUT2D eigenvalue weighted by molar-refractivity contribution is -0.142. The summed E-state index contributed by atoms with van der Waals surface area (Å²) >= 11 is 1.46. The number of hydrogen-bond donors (Lipinski definition) is 7. The van der Waals surface area contributed by atoms with Crippen LogP contribution in [0.3, 0.4) is 0 Å². The molecule has 0 aromatic carbocycles. The molecule has 0 heterocycles. The van der Waals surface area contributed by atoms with Crippen molar-refractivity contribution in [3.05, 3.63) is 0 Å². The number of carboxylic acids is 1. The molecule has 0 aliphatic rings. The summed E-state index contributed by atoms with van der Waals surface area (Å²) in [7, 11) is 0. The van der Waals surface area contributed by atoms with E-state index < -0.39 is 47.9 Å². The van der Waals surface area contributed by atoms with Crippen LogP contribution < -0.4 is 33.2 Å². The van der Waals surface area contributed by atoms with Gasteiger partial charge in [-0.15, -0.1) is 0 Å². The van der Waals surface area contributed by atoms with E-state index in [2.05, 4.69) is 20.9 Å². The first kappa shape index (κ1) is 30.5. The van der Waals surface area contributed by atoms with Crippen molar-refractivity contribution in [1.29, 1.82) is 0 Å². The van der Waals surface area contributed by atoms with E-state index in [1.807, 2.05) is 20.1 Å². The van der Waals surface area contributed by atoms with Gasteiger partial charge in [0.05, 0.1) is 6.04 Å². The van der Waals surface area contributed by atoms with Crippen LogP contribution in [0.15, 0.2) is 4.99 Å². The smallest absolute Gasteiger partial charge is 0.326 e. The number of nitrogens with two attached hydrogens (primary N) is 3. The predicted octanol–water partition coefficient (Wildman–Crippen LogP) is -1.27. The third-order valence-corrected chi connectivity index (χ3v) is 5.26. The zero-order chi connectivity index (χ0) is 25.6. The van der Waals surface area contributed by atoms with Gasteiger partial charge in [-0.2, -0.15) is 11.8 Å². The number of hydrogen-bond acceptors (Lipinski definition) is 7. The van der Waals surface area contributed by atoms with Crippen LogP contribution in [0.2, 0.25) is 0 Å². The van der Waals surface area contributed by atoms with Crippen molar-refractivity contribution >= 4 is 41.4 Å². The number of amides is 3. The van der Waals surface area contributed by atoms with Crippen LogP contribution in [0.25, 0.3) is 0 Å². The van der Waals surface area contributed by atoms with E-state index in [9.17, 15) is 24.3 Å². The van der Waals surface area contributed by atoms with Gasteiger partial charge in [0.25, 0.3) is 0 Å². The zero-order valence-electron chi connectivity index (χ0n) is 19.8. The highest BCUT2D eigenvalue weighted by Crippen LogP contribution is 2.06. The summed E-state index contributed by atoms with van der Waals surface area (Å²) in [4.78, 5) is 52.9. The number of thioether (sulfide) groups is 1. The summed E-state index contributed by atoms with van der Waals surface area (Å²) in [5.74, 6) is -2.21. The van der Waals surface area contributed by atoms with E-state index in [4.69, 9.17) is 17.2 Å². The van der Waals surface area contributed by atoms with E-state index in [1.54, 1.807) is 0 Å². The van der Waals surface area contributed by atoms with Gasteiger partial charge in [0.1, 0.15) is 18.1 Å². The molecule has 4 atom stereocenters. The molecule has 190 valence electrons. The molecule has 3 amide bonds. The Hall–Kier alpha value is -2.54. The highest BCUT2D eigenvalue weighted by molar-refractivity contribution is 7.98. The molecule has 4 unspecified atom stereocenters. The van der Waals surface area contributed by atoms with Crippen LogP contribution in [0.5, 0.6) is 0 Å². The van der Waals surface area contributed by atoms with Crippen molar-refractivity contribution in [3.63, 3.8) is 0 Å². The number of guanidine groups is 1. The van der Waals surface area contributed by atoms with Gasteiger partial charge in [-0.3, -0.25) is 19.4 Å². The third kappa shape index (κ3) is 13.6. The SMILES string of the molecule is CSCCC(NC(=O)C(C)NC(=O)C(CCCN=C(N)N)NC(=O)C(N)CC(C)C)C(=O)O. The Morgan fingerprint density at radius 3 is 2.06 bits per heavy atom. The lowest BCUT2D eigenvalue weighted by atomic mass is 10.0. The van der Waals surface area contributed by atoms with Crippen LogP contribution in [0.1, 0.15) is 46.5 Å². The maximum atomic E-state index is 12.8. The largest absolute Gasteiger partial charge is 0.480 e. The topological polar surface area (TPSA) is 215 Å². The Bertz CT molecular complexity index is 686. The summed E-state index contributed by atoms with van der Waals surface area (Å²) in [6, 6.07) is -3.83. The molecule has 12 nitrogen and oxygen atoms in total. The number of carbonyl (C=O) groups is 4. The molecule has 0 fully saturated rings. The Morgan fingerprint density at radius 1 is 0.939 bits per heavy atom. The van der Waals surface area contributed by atoms with Gasteiger partial charge in [-0.1, -0.05) is 13.8 Å². The van der Waals surface area contributed by atoms with E-state index in [1.165, 1.54) is 18.7 Å². The molecule has 0 aromatic heterocycles. The zero-order valence-corrected chi connectivity index (χ0v) is 20.6. The van der Waals surface area contributed by atoms with Crippen molar-refractivity contribution < 1.29 is 24.3 Å². The quantitative estimate of drug-likeness (QED) is 0.0779. The van der Waals surface area contributed by atoms with E-state index in [0.29, 0.717) is 18.6 Å². The minimum atomic E-state index is -1.15. The van der Waals surface area contributed by atoms with Crippen molar-refractivity contribution in [2.24, 2.45) is 28.1 Å².